The molecule has 0 unspecified atom stereocenters. The van der Waals surface area contributed by atoms with Gasteiger partial charge >= 0.3 is 0 Å². The Kier molecular flexibility index (Phi) is 11.6. The first-order valence-electron chi connectivity index (χ1n) is 20.3. The molecule has 3 aliphatic rings. The van der Waals surface area contributed by atoms with E-state index < -0.39 is 10.0 Å². The molecule has 2 aromatic carbocycles. The summed E-state index contributed by atoms with van der Waals surface area (Å²) in [7, 11) is -4.18. The number of carbonyl (C=O) groups excluding carboxylic acids is 1. The molecular formula is C45H57N5O4S. The molecule has 1 N–H and O–H groups in total. The summed E-state index contributed by atoms with van der Waals surface area (Å²) in [6.45, 7) is 10.9. The van der Waals surface area contributed by atoms with Gasteiger partial charge in [-0.2, -0.15) is 4.98 Å². The van der Waals surface area contributed by atoms with Gasteiger partial charge in [-0.05, 0) is 97.7 Å². The Labute approximate surface area is 327 Å². The van der Waals surface area contributed by atoms with E-state index in [0.717, 1.165) is 28.8 Å². The van der Waals surface area contributed by atoms with Crippen molar-refractivity contribution in [1.29, 1.82) is 0 Å². The zero-order valence-corrected chi connectivity index (χ0v) is 34.1. The number of aryl methyl sites for hydroxylation is 1. The van der Waals surface area contributed by atoms with Crippen LogP contribution >= 0.6 is 0 Å². The highest BCUT2D eigenvalue weighted by molar-refractivity contribution is 7.92. The Morgan fingerprint density at radius 2 is 1.62 bits per heavy atom. The molecule has 1 aliphatic heterocycles. The number of fused-ring (bicyclic) bond motifs is 4. The van der Waals surface area contributed by atoms with Crippen molar-refractivity contribution in [2.45, 2.75) is 135 Å². The van der Waals surface area contributed by atoms with Gasteiger partial charge in [0.25, 0.3) is 15.9 Å². The van der Waals surface area contributed by atoms with E-state index in [1.807, 2.05) is 24.1 Å². The fraction of sp³-hybridized carbons (Fsp3) is 0.511. The summed E-state index contributed by atoms with van der Waals surface area (Å²) in [4.78, 5) is 30.9. The smallest absolute Gasteiger partial charge is 0.264 e. The highest BCUT2D eigenvalue weighted by Gasteiger charge is 2.33. The average Bonchev–Trinajstić information content (AvgIpc) is 3.17. The molecule has 1 amide bonds. The van der Waals surface area contributed by atoms with Crippen molar-refractivity contribution in [2.75, 3.05) is 11.3 Å². The number of pyridine rings is 1. The van der Waals surface area contributed by atoms with Crippen molar-refractivity contribution in [2.24, 2.45) is 11.3 Å². The summed E-state index contributed by atoms with van der Waals surface area (Å²) < 4.78 is 37.4. The minimum atomic E-state index is -4.18. The maximum atomic E-state index is 14.7. The molecule has 10 heteroatoms. The predicted molar refractivity (Wildman–Crippen MR) is 218 cm³/mol. The van der Waals surface area contributed by atoms with Gasteiger partial charge in [0.15, 0.2) is 0 Å². The number of sulfonamides is 1. The first-order chi connectivity index (χ1) is 26.3. The van der Waals surface area contributed by atoms with Crippen molar-refractivity contribution in [3.8, 4) is 17.1 Å². The van der Waals surface area contributed by atoms with E-state index in [1.165, 1.54) is 87.5 Å². The quantitative estimate of drug-likeness (QED) is 0.199. The second-order valence-electron chi connectivity index (χ2n) is 17.4. The molecule has 0 spiro atoms. The van der Waals surface area contributed by atoms with E-state index in [1.54, 1.807) is 12.1 Å². The van der Waals surface area contributed by atoms with Crippen LogP contribution in [-0.4, -0.2) is 46.8 Å². The number of hydrogen-bond acceptors (Lipinski definition) is 7. The van der Waals surface area contributed by atoms with E-state index >= 15 is 0 Å². The van der Waals surface area contributed by atoms with Gasteiger partial charge in [0.2, 0.25) is 11.8 Å². The summed E-state index contributed by atoms with van der Waals surface area (Å²) in [6.07, 6.45) is 15.9. The monoisotopic (exact) mass is 763 g/mol. The van der Waals surface area contributed by atoms with Crippen LogP contribution in [0.1, 0.15) is 136 Å². The minimum absolute atomic E-state index is 0.0399. The number of hydrogen-bond donors (Lipinski definition) is 1. The van der Waals surface area contributed by atoms with Gasteiger partial charge in [0.1, 0.15) is 6.61 Å². The molecule has 292 valence electrons. The second kappa shape index (κ2) is 16.4. The molecule has 2 saturated carbocycles. The summed E-state index contributed by atoms with van der Waals surface area (Å²) >= 11 is 0. The van der Waals surface area contributed by atoms with Gasteiger partial charge in [-0.25, -0.2) is 18.1 Å². The van der Waals surface area contributed by atoms with E-state index in [9.17, 15) is 13.2 Å². The van der Waals surface area contributed by atoms with Crippen LogP contribution in [0.3, 0.4) is 0 Å². The van der Waals surface area contributed by atoms with Gasteiger partial charge < -0.3 is 9.64 Å². The number of ether oxygens (including phenoxy) is 1. The number of nitrogens with one attached hydrogen (secondary N) is 1. The van der Waals surface area contributed by atoms with Gasteiger partial charge in [0, 0.05) is 22.9 Å². The number of rotatable bonds is 7. The highest BCUT2D eigenvalue weighted by Crippen LogP contribution is 2.38. The Morgan fingerprint density at radius 1 is 0.891 bits per heavy atom. The van der Waals surface area contributed by atoms with E-state index in [0.29, 0.717) is 29.8 Å². The molecule has 0 radical (unpaired) electrons. The number of benzene rings is 2. The van der Waals surface area contributed by atoms with Crippen LogP contribution in [0.2, 0.25) is 0 Å². The van der Waals surface area contributed by atoms with Crippen molar-refractivity contribution < 1.29 is 17.9 Å². The maximum absolute atomic E-state index is 14.7. The largest absolute Gasteiger partial charge is 0.475 e. The Balaban J connectivity index is 1.31. The number of aromatic nitrogens is 3. The fourth-order valence-electron chi connectivity index (χ4n) is 8.90. The lowest BCUT2D eigenvalue weighted by atomic mass is 9.82. The van der Waals surface area contributed by atoms with Crippen LogP contribution in [0.4, 0.5) is 5.95 Å². The molecule has 7 rings (SSSR count). The van der Waals surface area contributed by atoms with Gasteiger partial charge in [-0.3, -0.25) is 9.78 Å². The third-order valence-electron chi connectivity index (χ3n) is 11.8. The lowest BCUT2D eigenvalue weighted by molar-refractivity contribution is 0.0508. The molecular weight excluding hydrogens is 707 g/mol. The molecule has 2 fully saturated rings. The highest BCUT2D eigenvalue weighted by atomic mass is 32.2. The molecule has 4 aromatic rings. The standard InChI is InChI=1S/C45H57N5O4S/c1-30-14-12-19-34(24-32-15-8-6-9-16-32)40(30)41-31(2)42-48-44(47-41)49-55(52,53)39-21-13-20-35(25-39)43(51)50(38(29-54-42)26-45(3,4)5)28-37-23-22-36(27-46-37)33-17-10-7-11-18-33/h12-14,19-23,25,27,32-33,38H,6-11,15-18,24,26,28-29H2,1-5H3,(H,47,48,49)/t38-/m1/s1. The predicted octanol–water partition coefficient (Wildman–Crippen LogP) is 9.97. The van der Waals surface area contributed by atoms with Crippen LogP contribution < -0.4 is 9.46 Å². The first-order valence-corrected chi connectivity index (χ1v) is 21.8. The topological polar surface area (TPSA) is 114 Å². The van der Waals surface area contributed by atoms with Crippen molar-refractivity contribution in [3.05, 3.63) is 94.3 Å². The molecule has 0 saturated heterocycles. The van der Waals surface area contributed by atoms with Crippen molar-refractivity contribution >= 4 is 21.9 Å². The van der Waals surface area contributed by atoms with Gasteiger partial charge in [-0.1, -0.05) is 102 Å². The van der Waals surface area contributed by atoms with Crippen LogP contribution in [-0.2, 0) is 23.0 Å². The number of carbonyl (C=O) groups is 1. The number of amides is 1. The van der Waals surface area contributed by atoms with Crippen LogP contribution in [0.5, 0.6) is 5.88 Å². The SMILES string of the molecule is Cc1cccc(CC2CCCCC2)c1-c1nc2nc(c1C)OC[C@@H](CC(C)(C)C)N(Cc1ccc(C3CCCCC3)cn1)C(=O)c1cccc(c1)S(=O)(=O)N2. The summed E-state index contributed by atoms with van der Waals surface area (Å²) in [5.41, 5.74) is 6.76. The third kappa shape index (κ3) is 9.22. The first kappa shape index (κ1) is 38.9. The molecule has 2 aromatic heterocycles. The molecule has 1 atom stereocenters. The number of nitrogens with zero attached hydrogens (tertiary/aromatic N) is 4. The molecule has 2 aliphatic carbocycles. The van der Waals surface area contributed by atoms with Gasteiger partial charge in [0.05, 0.1) is 28.9 Å². The zero-order chi connectivity index (χ0) is 38.7. The lowest BCUT2D eigenvalue weighted by Crippen LogP contribution is -2.45. The van der Waals surface area contributed by atoms with E-state index in [2.05, 4.69) is 56.7 Å². The maximum Gasteiger partial charge on any atom is 0.264 e. The average molecular weight is 764 g/mol. The van der Waals surface area contributed by atoms with E-state index in [4.69, 9.17) is 19.7 Å². The summed E-state index contributed by atoms with van der Waals surface area (Å²) in [6, 6.07) is 16.4. The summed E-state index contributed by atoms with van der Waals surface area (Å²) in [5.74, 6) is 1.07. The normalized spacial score (nSPS) is 19.8. The van der Waals surface area contributed by atoms with Crippen LogP contribution in [0.15, 0.2) is 65.7 Å². The molecule has 3 heterocycles. The Hall–Kier alpha value is -4.31. The van der Waals surface area contributed by atoms with Crippen molar-refractivity contribution in [1.82, 2.24) is 19.9 Å². The fourth-order valence-corrected chi connectivity index (χ4v) is 9.89. The lowest BCUT2D eigenvalue weighted by Gasteiger charge is -2.35. The third-order valence-corrected chi connectivity index (χ3v) is 13.1. The molecule has 9 nitrogen and oxygen atoms in total. The number of anilines is 1. The van der Waals surface area contributed by atoms with E-state index in [-0.39, 0.29) is 46.9 Å². The molecule has 55 heavy (non-hydrogen) atoms. The zero-order valence-electron chi connectivity index (χ0n) is 33.2. The van der Waals surface area contributed by atoms with Crippen LogP contribution in [0, 0.1) is 25.2 Å². The second-order valence-corrected chi connectivity index (χ2v) is 19.0. The van der Waals surface area contributed by atoms with Gasteiger partial charge in [-0.15, -0.1) is 0 Å². The molecule has 4 bridgehead atoms. The van der Waals surface area contributed by atoms with Crippen molar-refractivity contribution in [3.63, 3.8) is 0 Å². The summed E-state index contributed by atoms with van der Waals surface area (Å²) in [5, 5.41) is 0. The minimum Gasteiger partial charge on any atom is -0.475 e. The van der Waals surface area contributed by atoms with Crippen LogP contribution in [0.25, 0.3) is 11.3 Å². The Bertz CT molecular complexity index is 2100. The Morgan fingerprint density at radius 3 is 2.33 bits per heavy atom.